The smallest absolute Gasteiger partial charge is 0.317 e. The van der Waals surface area contributed by atoms with Gasteiger partial charge in [0.25, 0.3) is 0 Å². The number of methoxy groups -OCH3 is 1. The monoisotopic (exact) mass is 273 g/mol. The largest absolute Gasteiger partial charge is 0.468 e. The van der Waals surface area contributed by atoms with Crippen molar-refractivity contribution in [1.29, 1.82) is 0 Å². The molecule has 4 nitrogen and oxygen atoms in total. The molecular weight excluding hydrogens is 254 g/mol. The van der Waals surface area contributed by atoms with Crippen LogP contribution in [0.15, 0.2) is 30.3 Å². The number of carbonyl (C=O) groups excluding carboxylic acids is 2. The first kappa shape index (κ1) is 13.3. The zero-order valence-corrected chi connectivity index (χ0v) is 11.6. The molecule has 0 aromatic heterocycles. The lowest BCUT2D eigenvalue weighted by Crippen LogP contribution is -2.56. The van der Waals surface area contributed by atoms with Gasteiger partial charge in [-0.15, -0.1) is 0 Å². The highest BCUT2D eigenvalue weighted by atomic mass is 16.5. The van der Waals surface area contributed by atoms with Gasteiger partial charge >= 0.3 is 5.97 Å². The summed E-state index contributed by atoms with van der Waals surface area (Å²) in [5.74, 6) is -0.967. The number of Topliss-reactive ketones (excluding diaryl/α,β-unsaturated/α-hetero) is 1. The van der Waals surface area contributed by atoms with Crippen molar-refractivity contribution < 1.29 is 14.3 Å². The van der Waals surface area contributed by atoms with Crippen molar-refractivity contribution in [2.45, 2.75) is 25.3 Å². The summed E-state index contributed by atoms with van der Waals surface area (Å²) in [6.45, 7) is 0.394. The van der Waals surface area contributed by atoms with Gasteiger partial charge in [-0.3, -0.25) is 9.59 Å². The SMILES string of the molecule is COC(=O)C1CNC(Cc2ccccc2)C2(CC2)C1=O. The quantitative estimate of drug-likeness (QED) is 0.667. The van der Waals surface area contributed by atoms with Crippen molar-refractivity contribution in [3.8, 4) is 0 Å². The first-order valence-corrected chi connectivity index (χ1v) is 7.07. The summed E-state index contributed by atoms with van der Waals surface area (Å²) in [6, 6.07) is 10.3. The van der Waals surface area contributed by atoms with Crippen LogP contribution in [0.3, 0.4) is 0 Å². The molecule has 0 amide bonds. The van der Waals surface area contributed by atoms with Crippen LogP contribution in [0, 0.1) is 11.3 Å². The maximum Gasteiger partial charge on any atom is 0.317 e. The summed E-state index contributed by atoms with van der Waals surface area (Å²) in [5, 5.41) is 3.39. The Balaban J connectivity index is 1.76. The van der Waals surface area contributed by atoms with Crippen LogP contribution in [-0.2, 0) is 20.7 Å². The van der Waals surface area contributed by atoms with Gasteiger partial charge in [-0.25, -0.2) is 0 Å². The first-order chi connectivity index (χ1) is 9.67. The lowest BCUT2D eigenvalue weighted by atomic mass is 9.78. The summed E-state index contributed by atoms with van der Waals surface area (Å²) in [7, 11) is 1.34. The molecule has 0 bridgehead atoms. The highest BCUT2D eigenvalue weighted by Crippen LogP contribution is 2.53. The molecule has 1 aromatic rings. The third kappa shape index (κ3) is 2.14. The van der Waals surface area contributed by atoms with Gasteiger partial charge in [-0.2, -0.15) is 0 Å². The van der Waals surface area contributed by atoms with Gasteiger partial charge < -0.3 is 10.1 Å². The van der Waals surface area contributed by atoms with Crippen LogP contribution < -0.4 is 5.32 Å². The van der Waals surface area contributed by atoms with E-state index in [9.17, 15) is 9.59 Å². The molecule has 4 heteroatoms. The van der Waals surface area contributed by atoms with E-state index in [1.165, 1.54) is 12.7 Å². The molecule has 106 valence electrons. The van der Waals surface area contributed by atoms with E-state index in [4.69, 9.17) is 4.74 Å². The molecule has 0 radical (unpaired) electrons. The van der Waals surface area contributed by atoms with Crippen LogP contribution in [-0.4, -0.2) is 31.4 Å². The Morgan fingerprint density at radius 1 is 1.35 bits per heavy atom. The molecule has 20 heavy (non-hydrogen) atoms. The Morgan fingerprint density at radius 2 is 2.05 bits per heavy atom. The number of rotatable bonds is 3. The molecule has 2 fully saturated rings. The van der Waals surface area contributed by atoms with Crippen molar-refractivity contribution in [3.63, 3.8) is 0 Å². The molecule has 2 atom stereocenters. The minimum Gasteiger partial charge on any atom is -0.468 e. The second-order valence-corrected chi connectivity index (χ2v) is 5.75. The van der Waals surface area contributed by atoms with Crippen LogP contribution in [0.25, 0.3) is 0 Å². The normalized spacial score (nSPS) is 27.4. The topological polar surface area (TPSA) is 55.4 Å². The summed E-state index contributed by atoms with van der Waals surface area (Å²) in [5.41, 5.74) is 0.882. The van der Waals surface area contributed by atoms with Crippen molar-refractivity contribution >= 4 is 11.8 Å². The van der Waals surface area contributed by atoms with Gasteiger partial charge in [0.15, 0.2) is 5.78 Å². The number of hydrogen-bond acceptors (Lipinski definition) is 4. The average Bonchev–Trinajstić information content (AvgIpc) is 3.27. The predicted octanol–water partition coefficient (Wildman–Crippen LogP) is 1.34. The number of esters is 1. The van der Waals surface area contributed by atoms with Crippen molar-refractivity contribution in [2.75, 3.05) is 13.7 Å². The van der Waals surface area contributed by atoms with E-state index in [0.717, 1.165) is 19.3 Å². The Morgan fingerprint density at radius 3 is 2.65 bits per heavy atom. The number of hydrogen-bond donors (Lipinski definition) is 1. The van der Waals surface area contributed by atoms with Gasteiger partial charge in [0.2, 0.25) is 0 Å². The standard InChI is InChI=1S/C16H19NO3/c1-20-15(19)12-10-17-13(16(7-8-16)14(12)18)9-11-5-3-2-4-6-11/h2-6,12-13,17H,7-10H2,1H3. The Hall–Kier alpha value is -1.68. The summed E-state index contributed by atoms with van der Waals surface area (Å²) in [4.78, 5) is 24.2. The summed E-state index contributed by atoms with van der Waals surface area (Å²) >= 11 is 0. The third-order valence-corrected chi connectivity index (χ3v) is 4.60. The number of piperidine rings is 1. The molecule has 1 N–H and O–H groups in total. The fraction of sp³-hybridized carbons (Fsp3) is 0.500. The molecule has 1 spiro atoms. The van der Waals surface area contributed by atoms with E-state index in [0.29, 0.717) is 6.54 Å². The maximum atomic E-state index is 12.6. The van der Waals surface area contributed by atoms with E-state index >= 15 is 0 Å². The van der Waals surface area contributed by atoms with Crippen molar-refractivity contribution in [2.24, 2.45) is 11.3 Å². The molecule has 1 aliphatic heterocycles. The fourth-order valence-electron chi connectivity index (χ4n) is 3.25. The summed E-state index contributed by atoms with van der Waals surface area (Å²) < 4.78 is 4.73. The Bertz CT molecular complexity index is 522. The lowest BCUT2D eigenvalue weighted by Gasteiger charge is -2.35. The number of nitrogens with one attached hydrogen (secondary N) is 1. The highest BCUT2D eigenvalue weighted by molar-refractivity contribution is 6.04. The molecule has 1 aromatic carbocycles. The zero-order chi connectivity index (χ0) is 14.2. The van der Waals surface area contributed by atoms with Crippen molar-refractivity contribution in [3.05, 3.63) is 35.9 Å². The second-order valence-electron chi connectivity index (χ2n) is 5.75. The van der Waals surface area contributed by atoms with Crippen LogP contribution >= 0.6 is 0 Å². The van der Waals surface area contributed by atoms with E-state index < -0.39 is 11.9 Å². The number of ketones is 1. The molecule has 1 saturated heterocycles. The lowest BCUT2D eigenvalue weighted by molar-refractivity contribution is -0.152. The minimum absolute atomic E-state index is 0.0732. The average molecular weight is 273 g/mol. The van der Waals surface area contributed by atoms with Gasteiger partial charge in [-0.1, -0.05) is 30.3 Å². The number of benzene rings is 1. The molecule has 2 aliphatic rings. The second kappa shape index (κ2) is 5.02. The van der Waals surface area contributed by atoms with Gasteiger partial charge in [0, 0.05) is 18.0 Å². The van der Waals surface area contributed by atoms with Gasteiger partial charge in [0.1, 0.15) is 5.92 Å². The Kier molecular flexibility index (Phi) is 3.34. The van der Waals surface area contributed by atoms with E-state index in [2.05, 4.69) is 17.4 Å². The molecular formula is C16H19NO3. The fourth-order valence-corrected chi connectivity index (χ4v) is 3.25. The van der Waals surface area contributed by atoms with Crippen LogP contribution in [0.5, 0.6) is 0 Å². The van der Waals surface area contributed by atoms with Crippen molar-refractivity contribution in [1.82, 2.24) is 5.32 Å². The van der Waals surface area contributed by atoms with Gasteiger partial charge in [-0.05, 0) is 24.8 Å². The molecule has 1 heterocycles. The van der Waals surface area contributed by atoms with Crippen LogP contribution in [0.1, 0.15) is 18.4 Å². The molecule has 2 unspecified atom stereocenters. The predicted molar refractivity (Wildman–Crippen MR) is 74.1 cm³/mol. The molecule has 1 saturated carbocycles. The Labute approximate surface area is 118 Å². The third-order valence-electron chi connectivity index (χ3n) is 4.60. The zero-order valence-electron chi connectivity index (χ0n) is 11.6. The van der Waals surface area contributed by atoms with E-state index in [1.807, 2.05) is 18.2 Å². The summed E-state index contributed by atoms with van der Waals surface area (Å²) in [6.07, 6.45) is 2.59. The van der Waals surface area contributed by atoms with Crippen LogP contribution in [0.2, 0.25) is 0 Å². The van der Waals surface area contributed by atoms with E-state index in [-0.39, 0.29) is 17.2 Å². The van der Waals surface area contributed by atoms with Gasteiger partial charge in [0.05, 0.1) is 7.11 Å². The van der Waals surface area contributed by atoms with E-state index in [1.54, 1.807) is 0 Å². The molecule has 3 rings (SSSR count). The van der Waals surface area contributed by atoms with Crippen LogP contribution in [0.4, 0.5) is 0 Å². The first-order valence-electron chi connectivity index (χ1n) is 7.07. The molecule has 1 aliphatic carbocycles. The minimum atomic E-state index is -0.630. The highest BCUT2D eigenvalue weighted by Gasteiger charge is 2.60. The number of ether oxygens (including phenoxy) is 1. The maximum absolute atomic E-state index is 12.6. The number of carbonyl (C=O) groups is 2.